The van der Waals surface area contributed by atoms with Crippen molar-refractivity contribution in [2.45, 2.75) is 19.1 Å². The van der Waals surface area contributed by atoms with Gasteiger partial charge < -0.3 is 5.32 Å². The maximum Gasteiger partial charge on any atom is 0.416 e. The minimum absolute atomic E-state index is 0.0710. The number of pyridine rings is 2. The predicted molar refractivity (Wildman–Crippen MR) is 76.7 cm³/mol. The average molecular weight is 360 g/mol. The van der Waals surface area contributed by atoms with Gasteiger partial charge in [-0.2, -0.15) is 13.2 Å². The molecule has 112 valence electrons. The zero-order valence-electron chi connectivity index (χ0n) is 11.2. The number of nitrogens with one attached hydrogen (secondary N) is 1. The van der Waals surface area contributed by atoms with Crippen LogP contribution in [0.1, 0.15) is 29.8 Å². The van der Waals surface area contributed by atoms with Crippen molar-refractivity contribution < 1.29 is 13.2 Å². The molecule has 0 aliphatic rings. The number of nitrogens with zero attached hydrogens (tertiary/aromatic N) is 2. The molecule has 3 nitrogen and oxygen atoms in total. The van der Waals surface area contributed by atoms with E-state index in [1.165, 1.54) is 6.20 Å². The lowest BCUT2D eigenvalue weighted by Crippen LogP contribution is -2.26. The van der Waals surface area contributed by atoms with Crippen LogP contribution >= 0.6 is 15.9 Å². The topological polar surface area (TPSA) is 37.8 Å². The minimum Gasteiger partial charge on any atom is -0.305 e. The largest absolute Gasteiger partial charge is 0.416 e. The van der Waals surface area contributed by atoms with Gasteiger partial charge in [-0.3, -0.25) is 9.97 Å². The van der Waals surface area contributed by atoms with Gasteiger partial charge in [0.2, 0.25) is 0 Å². The Morgan fingerprint density at radius 2 is 2.00 bits per heavy atom. The molecule has 0 bridgehead atoms. The molecule has 0 fully saturated rings. The normalized spacial score (nSPS) is 13.2. The molecular formula is C14H13BrF3N3. The van der Waals surface area contributed by atoms with Crippen molar-refractivity contribution in [1.29, 1.82) is 0 Å². The molecule has 2 heterocycles. The van der Waals surface area contributed by atoms with Crippen LogP contribution in [0.5, 0.6) is 0 Å². The van der Waals surface area contributed by atoms with Gasteiger partial charge >= 0.3 is 6.18 Å². The Morgan fingerprint density at radius 1 is 1.24 bits per heavy atom. The first-order valence-electron chi connectivity index (χ1n) is 6.29. The van der Waals surface area contributed by atoms with E-state index in [1.54, 1.807) is 18.3 Å². The van der Waals surface area contributed by atoms with Gasteiger partial charge in [-0.25, -0.2) is 0 Å². The summed E-state index contributed by atoms with van der Waals surface area (Å²) in [7, 11) is 0. The third-order valence-corrected chi connectivity index (χ3v) is 3.39. The SMILES string of the molecule is CCNC(c1ccc(Br)cn1)c1cnccc1C(F)(F)F. The standard InChI is InChI=1S/C14H13BrF3N3/c1-2-20-13(12-4-3-9(15)7-21-12)10-8-19-6-5-11(10)14(16,17)18/h3-8,13,20H,2H2,1H3. The van der Waals surface area contributed by atoms with Gasteiger partial charge in [0.1, 0.15) is 0 Å². The van der Waals surface area contributed by atoms with E-state index in [2.05, 4.69) is 31.2 Å². The van der Waals surface area contributed by atoms with E-state index in [0.29, 0.717) is 12.2 Å². The molecule has 1 atom stereocenters. The van der Waals surface area contributed by atoms with E-state index in [1.807, 2.05) is 6.92 Å². The predicted octanol–water partition coefficient (Wildman–Crippen LogP) is 3.96. The molecule has 0 saturated heterocycles. The molecule has 21 heavy (non-hydrogen) atoms. The quantitative estimate of drug-likeness (QED) is 0.897. The molecule has 2 rings (SSSR count). The number of hydrogen-bond donors (Lipinski definition) is 1. The van der Waals surface area contributed by atoms with Crippen molar-refractivity contribution in [3.63, 3.8) is 0 Å². The van der Waals surface area contributed by atoms with Crippen LogP contribution in [0.2, 0.25) is 0 Å². The number of alkyl halides is 3. The Kier molecular flexibility index (Phi) is 4.95. The first-order valence-corrected chi connectivity index (χ1v) is 7.08. The molecule has 2 aromatic rings. The van der Waals surface area contributed by atoms with Crippen LogP contribution in [-0.4, -0.2) is 16.5 Å². The highest BCUT2D eigenvalue weighted by Crippen LogP contribution is 2.35. The molecule has 0 aliphatic carbocycles. The van der Waals surface area contributed by atoms with E-state index in [-0.39, 0.29) is 5.56 Å². The Balaban J connectivity index is 2.51. The smallest absolute Gasteiger partial charge is 0.305 e. The third kappa shape index (κ3) is 3.79. The summed E-state index contributed by atoms with van der Waals surface area (Å²) >= 11 is 3.26. The summed E-state index contributed by atoms with van der Waals surface area (Å²) in [5.74, 6) is 0. The van der Waals surface area contributed by atoms with E-state index in [4.69, 9.17) is 0 Å². The number of aromatic nitrogens is 2. The number of halogens is 4. The van der Waals surface area contributed by atoms with Crippen molar-refractivity contribution in [3.05, 3.63) is 58.1 Å². The Morgan fingerprint density at radius 3 is 2.57 bits per heavy atom. The fourth-order valence-electron chi connectivity index (χ4n) is 2.03. The highest BCUT2D eigenvalue weighted by atomic mass is 79.9. The van der Waals surface area contributed by atoms with Crippen molar-refractivity contribution in [2.75, 3.05) is 6.54 Å². The third-order valence-electron chi connectivity index (χ3n) is 2.92. The highest BCUT2D eigenvalue weighted by molar-refractivity contribution is 9.10. The van der Waals surface area contributed by atoms with Gasteiger partial charge in [0.05, 0.1) is 17.3 Å². The van der Waals surface area contributed by atoms with Crippen LogP contribution in [0.3, 0.4) is 0 Å². The molecule has 2 aromatic heterocycles. The molecule has 0 radical (unpaired) electrons. The summed E-state index contributed by atoms with van der Waals surface area (Å²) in [4.78, 5) is 8.02. The highest BCUT2D eigenvalue weighted by Gasteiger charge is 2.35. The lowest BCUT2D eigenvalue weighted by atomic mass is 9.99. The Labute approximate surface area is 128 Å². The maximum absolute atomic E-state index is 13.1. The molecule has 0 saturated carbocycles. The Hall–Kier alpha value is -1.47. The van der Waals surface area contributed by atoms with E-state index < -0.39 is 17.8 Å². The zero-order valence-corrected chi connectivity index (χ0v) is 12.7. The second-order valence-corrected chi connectivity index (χ2v) is 5.27. The van der Waals surface area contributed by atoms with Crippen LogP contribution in [0, 0.1) is 0 Å². The lowest BCUT2D eigenvalue weighted by Gasteiger charge is -2.21. The fraction of sp³-hybridized carbons (Fsp3) is 0.286. The van der Waals surface area contributed by atoms with Gasteiger partial charge in [0, 0.05) is 28.6 Å². The first kappa shape index (κ1) is 15.9. The molecular weight excluding hydrogens is 347 g/mol. The van der Waals surface area contributed by atoms with Crippen LogP contribution < -0.4 is 5.32 Å². The van der Waals surface area contributed by atoms with Crippen molar-refractivity contribution in [2.24, 2.45) is 0 Å². The van der Waals surface area contributed by atoms with E-state index in [0.717, 1.165) is 16.7 Å². The van der Waals surface area contributed by atoms with Gasteiger partial charge in [-0.15, -0.1) is 0 Å². The van der Waals surface area contributed by atoms with Crippen molar-refractivity contribution in [1.82, 2.24) is 15.3 Å². The van der Waals surface area contributed by atoms with Gasteiger partial charge in [0.25, 0.3) is 0 Å². The molecule has 0 amide bonds. The molecule has 7 heteroatoms. The fourth-order valence-corrected chi connectivity index (χ4v) is 2.27. The molecule has 1 unspecified atom stereocenters. The molecule has 0 aromatic carbocycles. The van der Waals surface area contributed by atoms with Gasteiger partial charge in [0.15, 0.2) is 0 Å². The second kappa shape index (κ2) is 6.53. The number of hydrogen-bond acceptors (Lipinski definition) is 3. The summed E-state index contributed by atoms with van der Waals surface area (Å²) in [6.45, 7) is 2.34. The van der Waals surface area contributed by atoms with Crippen LogP contribution in [0.4, 0.5) is 13.2 Å². The maximum atomic E-state index is 13.1. The van der Waals surface area contributed by atoms with Crippen LogP contribution in [0.25, 0.3) is 0 Å². The summed E-state index contributed by atoms with van der Waals surface area (Å²) in [5.41, 5.74) is -0.117. The summed E-state index contributed by atoms with van der Waals surface area (Å²) in [6.07, 6.45) is -0.491. The molecule has 0 spiro atoms. The Bertz CT molecular complexity index is 599. The average Bonchev–Trinajstić information content (AvgIpc) is 2.45. The van der Waals surface area contributed by atoms with E-state index in [9.17, 15) is 13.2 Å². The second-order valence-electron chi connectivity index (χ2n) is 4.35. The summed E-state index contributed by atoms with van der Waals surface area (Å²) in [5, 5.41) is 3.03. The molecule has 1 N–H and O–H groups in total. The van der Waals surface area contributed by atoms with Crippen LogP contribution in [0.15, 0.2) is 41.3 Å². The summed E-state index contributed by atoms with van der Waals surface area (Å²) in [6, 6.07) is 3.76. The van der Waals surface area contributed by atoms with Crippen molar-refractivity contribution in [3.8, 4) is 0 Å². The van der Waals surface area contributed by atoms with Gasteiger partial charge in [-0.1, -0.05) is 6.92 Å². The minimum atomic E-state index is -4.43. The number of rotatable bonds is 4. The zero-order chi connectivity index (χ0) is 15.5. The summed E-state index contributed by atoms with van der Waals surface area (Å²) < 4.78 is 40.2. The van der Waals surface area contributed by atoms with Crippen LogP contribution in [-0.2, 0) is 6.18 Å². The van der Waals surface area contributed by atoms with Crippen molar-refractivity contribution >= 4 is 15.9 Å². The van der Waals surface area contributed by atoms with E-state index >= 15 is 0 Å². The first-order chi connectivity index (χ1) is 9.93. The molecule has 0 aliphatic heterocycles. The lowest BCUT2D eigenvalue weighted by molar-refractivity contribution is -0.138. The van der Waals surface area contributed by atoms with Gasteiger partial charge in [-0.05, 0) is 40.7 Å². The monoisotopic (exact) mass is 359 g/mol.